The molecule has 0 radical (unpaired) electrons. The van der Waals surface area contributed by atoms with E-state index >= 15 is 0 Å². The highest BCUT2D eigenvalue weighted by Gasteiger charge is 2.28. The minimum atomic E-state index is -0.579. The van der Waals surface area contributed by atoms with Crippen LogP contribution in [0.3, 0.4) is 0 Å². The number of rotatable bonds is 5. The highest BCUT2D eigenvalue weighted by Crippen LogP contribution is 2.38. The van der Waals surface area contributed by atoms with Crippen LogP contribution >= 0.6 is 11.6 Å². The molecule has 1 fully saturated rings. The number of fused-ring (bicyclic) bond motifs is 1. The van der Waals surface area contributed by atoms with E-state index in [0.717, 1.165) is 50.0 Å². The largest absolute Gasteiger partial charge is 0.305 e. The van der Waals surface area contributed by atoms with Crippen molar-refractivity contribution in [2.75, 3.05) is 33.2 Å². The summed E-state index contributed by atoms with van der Waals surface area (Å²) in [5, 5.41) is 15.1. The van der Waals surface area contributed by atoms with Crippen molar-refractivity contribution in [1.29, 1.82) is 0 Å². The first-order valence-electron chi connectivity index (χ1n) is 11.1. The second kappa shape index (κ2) is 9.39. The third-order valence-electron chi connectivity index (χ3n) is 6.15. The third kappa shape index (κ3) is 4.15. The summed E-state index contributed by atoms with van der Waals surface area (Å²) in [7, 11) is 2.10. The second-order valence-corrected chi connectivity index (χ2v) is 8.71. The summed E-state index contributed by atoms with van der Waals surface area (Å²) in [5.74, 6) is 0. The molecule has 1 aliphatic heterocycles. The Morgan fingerprint density at radius 2 is 1.55 bits per heavy atom. The van der Waals surface area contributed by atoms with Crippen LogP contribution in [0.2, 0.25) is 5.02 Å². The van der Waals surface area contributed by atoms with Crippen molar-refractivity contribution >= 4 is 28.9 Å². The Kier molecular flexibility index (Phi) is 6.17. The fourth-order valence-corrected chi connectivity index (χ4v) is 4.70. The van der Waals surface area contributed by atoms with E-state index in [0.29, 0.717) is 27.4 Å². The van der Waals surface area contributed by atoms with Crippen molar-refractivity contribution in [3.63, 3.8) is 0 Å². The van der Waals surface area contributed by atoms with Crippen molar-refractivity contribution in [3.8, 4) is 22.5 Å². The Bertz CT molecular complexity index is 1260. The van der Waals surface area contributed by atoms with Gasteiger partial charge in [-0.2, -0.15) is 5.10 Å². The molecule has 1 atom stereocenters. The van der Waals surface area contributed by atoms with Crippen LogP contribution in [0.4, 0.5) is 0 Å². The quantitative estimate of drug-likeness (QED) is 0.417. The number of nitrogens with zero attached hydrogens (tertiary/aromatic N) is 6. The summed E-state index contributed by atoms with van der Waals surface area (Å²) < 4.78 is 1.68. The zero-order chi connectivity index (χ0) is 22.8. The summed E-state index contributed by atoms with van der Waals surface area (Å²) >= 11 is 6.96. The van der Waals surface area contributed by atoms with Crippen molar-refractivity contribution < 1.29 is 4.79 Å². The topological polar surface area (TPSA) is 67.2 Å². The number of hydrogen-bond donors (Lipinski definition) is 0. The zero-order valence-electron chi connectivity index (χ0n) is 18.4. The summed E-state index contributed by atoms with van der Waals surface area (Å²) in [6.07, 6.45) is 1.34. The lowest BCUT2D eigenvalue weighted by Gasteiger charge is -2.26. The van der Waals surface area contributed by atoms with Crippen LogP contribution in [-0.2, 0) is 4.79 Å². The molecule has 3 heterocycles. The molecule has 8 heteroatoms. The summed E-state index contributed by atoms with van der Waals surface area (Å²) in [5.41, 5.74) is 3.59. The molecular weight excluding hydrogens is 436 g/mol. The zero-order valence-corrected chi connectivity index (χ0v) is 19.2. The normalized spacial score (nSPS) is 16.5. The molecule has 1 aliphatic rings. The number of hydrogen-bond acceptors (Lipinski definition) is 6. The van der Waals surface area contributed by atoms with Gasteiger partial charge in [-0.3, -0.25) is 9.69 Å². The molecule has 2 aromatic carbocycles. The van der Waals surface area contributed by atoms with Gasteiger partial charge in [0.15, 0.2) is 18.1 Å². The number of likely N-dealkylation sites (N-methyl/N-ethyl adjacent to an activating group) is 1. The Hall–Kier alpha value is -3.13. The SMILES string of the molecule is CN1CCCN(C(C=O)n2nc(-c3ccccc3)c3c(Cl)c(-c4ccccc4)nnc32)CC1. The van der Waals surface area contributed by atoms with E-state index in [1.807, 2.05) is 60.7 Å². The molecular formula is C25H25ClN6O. The molecule has 0 bridgehead atoms. The van der Waals surface area contributed by atoms with Crippen molar-refractivity contribution in [2.45, 2.75) is 12.6 Å². The van der Waals surface area contributed by atoms with Crippen molar-refractivity contribution in [2.24, 2.45) is 0 Å². The first-order valence-corrected chi connectivity index (χ1v) is 11.5. The molecule has 2 aromatic heterocycles. The van der Waals surface area contributed by atoms with Crippen LogP contribution in [-0.4, -0.2) is 69.3 Å². The number of carbonyl (C=O) groups is 1. The minimum Gasteiger partial charge on any atom is -0.305 e. The maximum Gasteiger partial charge on any atom is 0.184 e. The monoisotopic (exact) mass is 460 g/mol. The fourth-order valence-electron chi connectivity index (χ4n) is 4.38. The molecule has 5 rings (SSSR count). The fraction of sp³-hybridized carbons (Fsp3) is 0.280. The predicted octanol–water partition coefficient (Wildman–Crippen LogP) is 4.15. The molecule has 0 N–H and O–H groups in total. The summed E-state index contributed by atoms with van der Waals surface area (Å²) in [6, 6.07) is 19.6. The summed E-state index contributed by atoms with van der Waals surface area (Å²) in [4.78, 5) is 16.8. The van der Waals surface area contributed by atoms with Crippen LogP contribution in [0.25, 0.3) is 33.5 Å². The number of halogens is 1. The highest BCUT2D eigenvalue weighted by molar-refractivity contribution is 6.38. The second-order valence-electron chi connectivity index (χ2n) is 8.33. The molecule has 0 spiro atoms. The molecule has 33 heavy (non-hydrogen) atoms. The smallest absolute Gasteiger partial charge is 0.184 e. The van der Waals surface area contributed by atoms with Crippen LogP contribution in [0, 0.1) is 0 Å². The van der Waals surface area contributed by atoms with Crippen molar-refractivity contribution in [1.82, 2.24) is 29.8 Å². The Labute approximate surface area is 197 Å². The van der Waals surface area contributed by atoms with Crippen LogP contribution in [0.5, 0.6) is 0 Å². The number of aldehydes is 1. The van der Waals surface area contributed by atoms with Gasteiger partial charge in [0, 0.05) is 30.8 Å². The summed E-state index contributed by atoms with van der Waals surface area (Å²) in [6.45, 7) is 3.47. The number of carbonyl (C=O) groups excluding carboxylic acids is 1. The molecule has 168 valence electrons. The molecule has 1 unspecified atom stereocenters. The van der Waals surface area contributed by atoms with Gasteiger partial charge in [0.05, 0.1) is 10.4 Å². The third-order valence-corrected chi connectivity index (χ3v) is 6.52. The molecule has 4 aromatic rings. The Morgan fingerprint density at radius 3 is 2.21 bits per heavy atom. The van der Waals surface area contributed by atoms with Gasteiger partial charge >= 0.3 is 0 Å². The van der Waals surface area contributed by atoms with Gasteiger partial charge in [-0.05, 0) is 20.0 Å². The maximum atomic E-state index is 12.4. The Balaban J connectivity index is 1.70. The lowest BCUT2D eigenvalue weighted by Crippen LogP contribution is -2.37. The van der Waals surface area contributed by atoms with E-state index in [9.17, 15) is 4.79 Å². The highest BCUT2D eigenvalue weighted by atomic mass is 35.5. The van der Waals surface area contributed by atoms with Gasteiger partial charge in [-0.25, -0.2) is 4.68 Å². The molecule has 1 saturated heterocycles. The number of aromatic nitrogens is 4. The lowest BCUT2D eigenvalue weighted by atomic mass is 10.1. The van der Waals surface area contributed by atoms with Crippen LogP contribution in [0.1, 0.15) is 12.6 Å². The molecule has 0 amide bonds. The van der Waals surface area contributed by atoms with E-state index < -0.39 is 6.17 Å². The van der Waals surface area contributed by atoms with Gasteiger partial charge in [0.2, 0.25) is 0 Å². The Morgan fingerprint density at radius 1 is 0.879 bits per heavy atom. The average Bonchev–Trinajstić information content (AvgIpc) is 3.11. The first-order chi connectivity index (χ1) is 16.2. The maximum absolute atomic E-state index is 12.4. The lowest BCUT2D eigenvalue weighted by molar-refractivity contribution is -0.115. The van der Waals surface area contributed by atoms with Gasteiger partial charge in [-0.15, -0.1) is 10.2 Å². The van der Waals surface area contributed by atoms with E-state index in [1.165, 1.54) is 0 Å². The van der Waals surface area contributed by atoms with Gasteiger partial charge in [0.1, 0.15) is 11.4 Å². The van der Waals surface area contributed by atoms with E-state index in [-0.39, 0.29) is 0 Å². The van der Waals surface area contributed by atoms with E-state index in [2.05, 4.69) is 27.0 Å². The van der Waals surface area contributed by atoms with Crippen LogP contribution < -0.4 is 0 Å². The van der Waals surface area contributed by atoms with Gasteiger partial charge in [0.25, 0.3) is 0 Å². The molecule has 0 aliphatic carbocycles. The molecule has 0 saturated carbocycles. The first kappa shape index (κ1) is 21.7. The standard InChI is InChI=1S/C25H25ClN6O/c1-30-13-8-14-31(16-15-30)20(17-33)32-25-21(23(29-32)18-9-4-2-5-10-18)22(26)24(27-28-25)19-11-6-3-7-12-19/h2-7,9-12,17,20H,8,13-16H2,1H3. The van der Waals surface area contributed by atoms with E-state index in [1.54, 1.807) is 4.68 Å². The number of benzene rings is 2. The minimum absolute atomic E-state index is 0.483. The van der Waals surface area contributed by atoms with Crippen LogP contribution in [0.15, 0.2) is 60.7 Å². The van der Waals surface area contributed by atoms with Gasteiger partial charge < -0.3 is 4.90 Å². The molecule has 7 nitrogen and oxygen atoms in total. The van der Waals surface area contributed by atoms with Gasteiger partial charge in [-0.1, -0.05) is 72.3 Å². The average molecular weight is 461 g/mol. The van der Waals surface area contributed by atoms with E-state index in [4.69, 9.17) is 16.7 Å². The van der Waals surface area contributed by atoms with Crippen molar-refractivity contribution in [3.05, 3.63) is 65.7 Å². The predicted molar refractivity (Wildman–Crippen MR) is 130 cm³/mol.